The Hall–Kier alpha value is -0.530. The molecule has 60 valence electrons. The fraction of sp³-hybridized carbons (Fsp3) is 0.875. The highest BCUT2D eigenvalue weighted by atomic mass is 16.1. The monoisotopic (exact) mass is 143 g/mol. The normalized spacial score (nSPS) is 16.0. The zero-order valence-corrected chi connectivity index (χ0v) is 7.27. The minimum absolute atomic E-state index is 0.148. The summed E-state index contributed by atoms with van der Waals surface area (Å²) in [6.45, 7) is 6.16. The lowest BCUT2D eigenvalue weighted by molar-refractivity contribution is -0.125. The van der Waals surface area contributed by atoms with E-state index in [9.17, 15) is 4.79 Å². The van der Waals surface area contributed by atoms with Crippen LogP contribution in [0.25, 0.3) is 0 Å². The van der Waals surface area contributed by atoms with Gasteiger partial charge in [0.05, 0.1) is 0 Å². The van der Waals surface area contributed by atoms with Crippen LogP contribution in [-0.4, -0.2) is 13.0 Å². The van der Waals surface area contributed by atoms with Crippen LogP contribution in [0.1, 0.15) is 27.2 Å². The first-order valence-electron chi connectivity index (χ1n) is 3.85. The average molecular weight is 143 g/mol. The van der Waals surface area contributed by atoms with E-state index >= 15 is 0 Å². The second-order valence-corrected chi connectivity index (χ2v) is 2.79. The molecular weight excluding hydrogens is 126 g/mol. The van der Waals surface area contributed by atoms with Crippen LogP contribution in [0.5, 0.6) is 0 Å². The number of carbonyl (C=O) groups is 1. The smallest absolute Gasteiger partial charge is 0.222 e. The minimum Gasteiger partial charge on any atom is -0.359 e. The van der Waals surface area contributed by atoms with Gasteiger partial charge in [-0.2, -0.15) is 0 Å². The second kappa shape index (κ2) is 4.31. The van der Waals surface area contributed by atoms with E-state index in [1.807, 2.05) is 6.92 Å². The van der Waals surface area contributed by atoms with Crippen LogP contribution in [-0.2, 0) is 4.79 Å². The number of rotatable bonds is 3. The molecule has 1 amide bonds. The highest BCUT2D eigenvalue weighted by Crippen LogP contribution is 2.13. The van der Waals surface area contributed by atoms with E-state index in [-0.39, 0.29) is 11.8 Å². The third-order valence-electron chi connectivity index (χ3n) is 2.16. The lowest BCUT2D eigenvalue weighted by Crippen LogP contribution is -2.29. The van der Waals surface area contributed by atoms with E-state index in [0.717, 1.165) is 6.42 Å². The van der Waals surface area contributed by atoms with Crippen molar-refractivity contribution < 1.29 is 4.79 Å². The third kappa shape index (κ3) is 2.38. The van der Waals surface area contributed by atoms with Gasteiger partial charge >= 0.3 is 0 Å². The maximum absolute atomic E-state index is 11.0. The molecule has 10 heavy (non-hydrogen) atoms. The molecule has 0 bridgehead atoms. The molecule has 0 spiro atoms. The Morgan fingerprint density at radius 2 is 2.00 bits per heavy atom. The molecule has 2 unspecified atom stereocenters. The summed E-state index contributed by atoms with van der Waals surface area (Å²) >= 11 is 0. The Labute approximate surface area is 63.0 Å². The Balaban J connectivity index is 3.81. The summed E-state index contributed by atoms with van der Waals surface area (Å²) < 4.78 is 0. The second-order valence-electron chi connectivity index (χ2n) is 2.79. The van der Waals surface area contributed by atoms with Gasteiger partial charge in [-0.15, -0.1) is 0 Å². The molecular formula is C8H17NO. The van der Waals surface area contributed by atoms with Gasteiger partial charge < -0.3 is 5.32 Å². The number of nitrogens with one attached hydrogen (secondary N) is 1. The molecule has 0 fully saturated rings. The van der Waals surface area contributed by atoms with Gasteiger partial charge in [-0.25, -0.2) is 0 Å². The van der Waals surface area contributed by atoms with Crippen molar-refractivity contribution in [2.75, 3.05) is 7.05 Å². The molecule has 0 radical (unpaired) electrons. The quantitative estimate of drug-likeness (QED) is 0.636. The molecule has 0 aromatic heterocycles. The van der Waals surface area contributed by atoms with Gasteiger partial charge in [-0.3, -0.25) is 4.79 Å². The Kier molecular flexibility index (Phi) is 4.08. The van der Waals surface area contributed by atoms with Crippen LogP contribution < -0.4 is 5.32 Å². The van der Waals surface area contributed by atoms with Crippen LogP contribution in [0.15, 0.2) is 0 Å². The van der Waals surface area contributed by atoms with Gasteiger partial charge in [0.25, 0.3) is 0 Å². The summed E-state index contributed by atoms with van der Waals surface area (Å²) in [6, 6.07) is 0. The van der Waals surface area contributed by atoms with Crippen molar-refractivity contribution in [3.8, 4) is 0 Å². The Morgan fingerprint density at radius 3 is 2.30 bits per heavy atom. The van der Waals surface area contributed by atoms with Crippen LogP contribution in [0.3, 0.4) is 0 Å². The van der Waals surface area contributed by atoms with Crippen molar-refractivity contribution in [3.63, 3.8) is 0 Å². The highest BCUT2D eigenvalue weighted by molar-refractivity contribution is 5.78. The van der Waals surface area contributed by atoms with E-state index in [2.05, 4.69) is 19.2 Å². The molecule has 0 aliphatic carbocycles. The molecule has 2 heteroatoms. The molecule has 2 atom stereocenters. The van der Waals surface area contributed by atoms with Crippen molar-refractivity contribution in [2.45, 2.75) is 27.2 Å². The molecule has 0 rings (SSSR count). The standard InChI is InChI=1S/C8H17NO/c1-5-6(2)7(3)8(10)9-4/h6-7H,5H2,1-4H3,(H,9,10). The molecule has 0 aliphatic heterocycles. The Bertz CT molecular complexity index is 112. The number of amides is 1. The predicted molar refractivity (Wildman–Crippen MR) is 42.7 cm³/mol. The largest absolute Gasteiger partial charge is 0.359 e. The topological polar surface area (TPSA) is 29.1 Å². The molecule has 0 heterocycles. The first kappa shape index (κ1) is 9.47. The van der Waals surface area contributed by atoms with Gasteiger partial charge in [0.15, 0.2) is 0 Å². The summed E-state index contributed by atoms with van der Waals surface area (Å²) in [6.07, 6.45) is 1.06. The van der Waals surface area contributed by atoms with Crippen LogP contribution in [0, 0.1) is 11.8 Å². The molecule has 1 N–H and O–H groups in total. The first-order valence-corrected chi connectivity index (χ1v) is 3.85. The fourth-order valence-electron chi connectivity index (χ4n) is 0.840. The lowest BCUT2D eigenvalue weighted by Gasteiger charge is -2.15. The van der Waals surface area contributed by atoms with Gasteiger partial charge in [-0.1, -0.05) is 27.2 Å². The summed E-state index contributed by atoms with van der Waals surface area (Å²) in [5, 5.41) is 2.64. The van der Waals surface area contributed by atoms with E-state index in [1.165, 1.54) is 0 Å². The van der Waals surface area contributed by atoms with Crippen LogP contribution in [0.4, 0.5) is 0 Å². The van der Waals surface area contributed by atoms with Crippen molar-refractivity contribution in [1.82, 2.24) is 5.32 Å². The van der Waals surface area contributed by atoms with E-state index in [4.69, 9.17) is 0 Å². The highest BCUT2D eigenvalue weighted by Gasteiger charge is 2.16. The Morgan fingerprint density at radius 1 is 1.50 bits per heavy atom. The predicted octanol–water partition coefficient (Wildman–Crippen LogP) is 1.41. The summed E-state index contributed by atoms with van der Waals surface area (Å²) in [4.78, 5) is 11.0. The maximum atomic E-state index is 11.0. The lowest BCUT2D eigenvalue weighted by atomic mass is 9.93. The zero-order chi connectivity index (χ0) is 8.15. The van der Waals surface area contributed by atoms with Gasteiger partial charge in [0, 0.05) is 13.0 Å². The maximum Gasteiger partial charge on any atom is 0.222 e. The molecule has 0 aromatic carbocycles. The van der Waals surface area contributed by atoms with E-state index in [0.29, 0.717) is 5.92 Å². The van der Waals surface area contributed by atoms with Crippen LogP contribution >= 0.6 is 0 Å². The number of carbonyl (C=O) groups excluding carboxylic acids is 1. The molecule has 0 saturated carbocycles. The molecule has 0 aromatic rings. The number of hydrogen-bond acceptors (Lipinski definition) is 1. The van der Waals surface area contributed by atoms with Crippen molar-refractivity contribution in [3.05, 3.63) is 0 Å². The van der Waals surface area contributed by atoms with Crippen molar-refractivity contribution in [1.29, 1.82) is 0 Å². The van der Waals surface area contributed by atoms with Gasteiger partial charge in [0.1, 0.15) is 0 Å². The molecule has 2 nitrogen and oxygen atoms in total. The molecule has 0 aliphatic rings. The average Bonchev–Trinajstić information content (AvgIpc) is 2.00. The fourth-order valence-corrected chi connectivity index (χ4v) is 0.840. The zero-order valence-electron chi connectivity index (χ0n) is 7.27. The first-order chi connectivity index (χ1) is 4.63. The van der Waals surface area contributed by atoms with E-state index in [1.54, 1.807) is 7.05 Å². The third-order valence-corrected chi connectivity index (χ3v) is 2.16. The van der Waals surface area contributed by atoms with Gasteiger partial charge in [-0.05, 0) is 5.92 Å². The number of hydrogen-bond donors (Lipinski definition) is 1. The molecule has 0 saturated heterocycles. The summed E-state index contributed by atoms with van der Waals surface area (Å²) in [7, 11) is 1.68. The van der Waals surface area contributed by atoms with E-state index < -0.39 is 0 Å². The minimum atomic E-state index is 0.148. The van der Waals surface area contributed by atoms with Crippen LogP contribution in [0.2, 0.25) is 0 Å². The van der Waals surface area contributed by atoms with Crippen molar-refractivity contribution in [2.24, 2.45) is 11.8 Å². The van der Waals surface area contributed by atoms with Crippen molar-refractivity contribution >= 4 is 5.91 Å². The SMILES string of the molecule is CCC(C)C(C)C(=O)NC. The van der Waals surface area contributed by atoms with Gasteiger partial charge in [0.2, 0.25) is 5.91 Å². The summed E-state index contributed by atoms with van der Waals surface area (Å²) in [5.41, 5.74) is 0. The summed E-state index contributed by atoms with van der Waals surface area (Å²) in [5.74, 6) is 0.782.